The molecular formula is C15H24N4O. The zero-order valence-corrected chi connectivity index (χ0v) is 12.2. The van der Waals surface area contributed by atoms with Gasteiger partial charge in [-0.1, -0.05) is 6.92 Å². The molecule has 1 N–H and O–H groups in total. The molecule has 20 heavy (non-hydrogen) atoms. The number of aromatic nitrogens is 1. The Morgan fingerprint density at radius 1 is 1.30 bits per heavy atom. The van der Waals surface area contributed by atoms with E-state index in [1.165, 1.54) is 0 Å². The molecule has 3 heterocycles. The Hall–Kier alpha value is -1.33. The summed E-state index contributed by atoms with van der Waals surface area (Å²) in [6, 6.07) is 4.72. The van der Waals surface area contributed by atoms with Gasteiger partial charge < -0.3 is 15.0 Å². The molecule has 1 aromatic heterocycles. The third kappa shape index (κ3) is 2.88. The summed E-state index contributed by atoms with van der Waals surface area (Å²) in [6.45, 7) is 9.50. The van der Waals surface area contributed by atoms with Crippen molar-refractivity contribution in [1.29, 1.82) is 0 Å². The van der Waals surface area contributed by atoms with Gasteiger partial charge in [0, 0.05) is 51.5 Å². The van der Waals surface area contributed by atoms with Crippen molar-refractivity contribution >= 4 is 5.82 Å². The van der Waals surface area contributed by atoms with E-state index in [1.807, 2.05) is 18.3 Å². The zero-order chi connectivity index (χ0) is 13.8. The molecular weight excluding hydrogens is 252 g/mol. The van der Waals surface area contributed by atoms with Crippen LogP contribution in [0.2, 0.25) is 0 Å². The molecule has 0 spiro atoms. The Kier molecular flexibility index (Phi) is 4.38. The topological polar surface area (TPSA) is 40.6 Å². The van der Waals surface area contributed by atoms with Gasteiger partial charge in [0.05, 0.1) is 6.61 Å². The number of nitrogens with one attached hydrogen (secondary N) is 1. The van der Waals surface area contributed by atoms with Gasteiger partial charge in [0.15, 0.2) is 11.6 Å². The van der Waals surface area contributed by atoms with Gasteiger partial charge in [-0.3, -0.25) is 4.90 Å². The maximum absolute atomic E-state index is 5.82. The lowest BCUT2D eigenvalue weighted by molar-refractivity contribution is 0.137. The second-order valence-electron chi connectivity index (χ2n) is 5.51. The fraction of sp³-hybridized carbons (Fsp3) is 0.667. The summed E-state index contributed by atoms with van der Waals surface area (Å²) >= 11 is 0. The lowest BCUT2D eigenvalue weighted by Crippen LogP contribution is -2.61. The minimum absolute atomic E-state index is 0.747. The molecule has 2 fully saturated rings. The van der Waals surface area contributed by atoms with E-state index in [0.29, 0.717) is 0 Å². The van der Waals surface area contributed by atoms with E-state index in [0.717, 1.165) is 69.9 Å². The number of hydrogen-bond donors (Lipinski definition) is 1. The molecule has 0 amide bonds. The molecule has 1 aromatic rings. The SMILES string of the molecule is CCCOc1cccnc1N1CCN(C2CNC2)CC1. The van der Waals surface area contributed by atoms with Crippen LogP contribution < -0.4 is 15.0 Å². The van der Waals surface area contributed by atoms with Crippen LogP contribution in [0.15, 0.2) is 18.3 Å². The molecule has 0 aromatic carbocycles. The number of nitrogens with zero attached hydrogens (tertiary/aromatic N) is 3. The van der Waals surface area contributed by atoms with Crippen LogP contribution in [0.4, 0.5) is 5.82 Å². The number of piperazine rings is 1. The van der Waals surface area contributed by atoms with E-state index >= 15 is 0 Å². The maximum atomic E-state index is 5.82. The molecule has 0 atom stereocenters. The second-order valence-corrected chi connectivity index (χ2v) is 5.51. The molecule has 5 nitrogen and oxygen atoms in total. The summed E-state index contributed by atoms with van der Waals surface area (Å²) < 4.78 is 5.82. The Morgan fingerprint density at radius 3 is 2.75 bits per heavy atom. The van der Waals surface area contributed by atoms with Crippen molar-refractivity contribution in [2.24, 2.45) is 0 Å². The van der Waals surface area contributed by atoms with Gasteiger partial charge in [-0.15, -0.1) is 0 Å². The van der Waals surface area contributed by atoms with E-state index in [9.17, 15) is 0 Å². The lowest BCUT2D eigenvalue weighted by atomic mass is 10.1. The van der Waals surface area contributed by atoms with Crippen LogP contribution in [0.5, 0.6) is 5.75 Å². The van der Waals surface area contributed by atoms with Crippen LogP contribution in [-0.4, -0.2) is 61.8 Å². The number of rotatable bonds is 5. The zero-order valence-electron chi connectivity index (χ0n) is 12.2. The fourth-order valence-corrected chi connectivity index (χ4v) is 2.77. The molecule has 5 heteroatoms. The van der Waals surface area contributed by atoms with Crippen molar-refractivity contribution in [1.82, 2.24) is 15.2 Å². The van der Waals surface area contributed by atoms with Crippen LogP contribution in [-0.2, 0) is 0 Å². The molecule has 0 unspecified atom stereocenters. The Bertz CT molecular complexity index is 428. The average molecular weight is 276 g/mol. The van der Waals surface area contributed by atoms with Crippen molar-refractivity contribution in [3.05, 3.63) is 18.3 Å². The quantitative estimate of drug-likeness (QED) is 0.867. The summed E-state index contributed by atoms with van der Waals surface area (Å²) in [5.41, 5.74) is 0. The molecule has 0 bridgehead atoms. The second kappa shape index (κ2) is 6.41. The third-order valence-corrected chi connectivity index (χ3v) is 4.10. The minimum Gasteiger partial charge on any atom is -0.490 e. The highest BCUT2D eigenvalue weighted by Crippen LogP contribution is 2.26. The standard InChI is InChI=1S/C15H24N4O/c1-2-10-20-14-4-3-5-17-15(14)19-8-6-18(7-9-19)13-11-16-12-13/h3-5,13,16H,2,6-12H2,1H3. The first-order valence-corrected chi connectivity index (χ1v) is 7.66. The predicted molar refractivity (Wildman–Crippen MR) is 80.5 cm³/mol. The first-order valence-electron chi connectivity index (χ1n) is 7.66. The Labute approximate surface area is 120 Å². The first kappa shape index (κ1) is 13.6. The van der Waals surface area contributed by atoms with Crippen molar-refractivity contribution < 1.29 is 4.74 Å². The molecule has 2 saturated heterocycles. The van der Waals surface area contributed by atoms with Gasteiger partial charge in [0.2, 0.25) is 0 Å². The fourth-order valence-electron chi connectivity index (χ4n) is 2.77. The highest BCUT2D eigenvalue weighted by molar-refractivity contribution is 5.52. The highest BCUT2D eigenvalue weighted by atomic mass is 16.5. The molecule has 3 rings (SSSR count). The largest absolute Gasteiger partial charge is 0.490 e. The van der Waals surface area contributed by atoms with Crippen LogP contribution in [0.25, 0.3) is 0 Å². The summed E-state index contributed by atoms with van der Waals surface area (Å²) in [4.78, 5) is 9.47. The van der Waals surface area contributed by atoms with Crippen LogP contribution in [0.1, 0.15) is 13.3 Å². The Balaban J connectivity index is 1.62. The van der Waals surface area contributed by atoms with E-state index in [2.05, 4.69) is 27.0 Å². The van der Waals surface area contributed by atoms with E-state index in [1.54, 1.807) is 0 Å². The van der Waals surface area contributed by atoms with E-state index < -0.39 is 0 Å². The number of pyridine rings is 1. The van der Waals surface area contributed by atoms with Crippen molar-refractivity contribution in [2.45, 2.75) is 19.4 Å². The van der Waals surface area contributed by atoms with Crippen molar-refractivity contribution in [2.75, 3.05) is 50.8 Å². The molecule has 0 radical (unpaired) electrons. The van der Waals surface area contributed by atoms with Gasteiger partial charge in [-0.05, 0) is 18.6 Å². The molecule has 2 aliphatic heterocycles. The smallest absolute Gasteiger partial charge is 0.171 e. The van der Waals surface area contributed by atoms with Gasteiger partial charge in [-0.25, -0.2) is 4.98 Å². The first-order chi connectivity index (χ1) is 9.88. The van der Waals surface area contributed by atoms with Crippen LogP contribution in [0.3, 0.4) is 0 Å². The van der Waals surface area contributed by atoms with Crippen LogP contribution in [0, 0.1) is 0 Å². The van der Waals surface area contributed by atoms with Crippen molar-refractivity contribution in [3.8, 4) is 5.75 Å². The van der Waals surface area contributed by atoms with Gasteiger partial charge in [0.1, 0.15) is 0 Å². The number of anilines is 1. The molecule has 0 saturated carbocycles. The van der Waals surface area contributed by atoms with Gasteiger partial charge >= 0.3 is 0 Å². The molecule has 110 valence electrons. The van der Waals surface area contributed by atoms with E-state index in [4.69, 9.17) is 4.74 Å². The predicted octanol–water partition coefficient (Wildman–Crippen LogP) is 0.964. The molecule has 0 aliphatic carbocycles. The minimum atomic E-state index is 0.747. The highest BCUT2D eigenvalue weighted by Gasteiger charge is 2.28. The van der Waals surface area contributed by atoms with E-state index in [-0.39, 0.29) is 0 Å². The summed E-state index contributed by atoms with van der Waals surface area (Å²) in [5.74, 6) is 1.93. The number of ether oxygens (including phenoxy) is 1. The van der Waals surface area contributed by atoms with Gasteiger partial charge in [0.25, 0.3) is 0 Å². The Morgan fingerprint density at radius 2 is 2.10 bits per heavy atom. The monoisotopic (exact) mass is 276 g/mol. The van der Waals surface area contributed by atoms with Crippen LogP contribution >= 0.6 is 0 Å². The average Bonchev–Trinajstić information content (AvgIpc) is 2.44. The molecule has 2 aliphatic rings. The summed E-state index contributed by atoms with van der Waals surface area (Å²) in [6.07, 6.45) is 2.88. The summed E-state index contributed by atoms with van der Waals surface area (Å²) in [5, 5.41) is 3.35. The third-order valence-electron chi connectivity index (χ3n) is 4.10. The summed E-state index contributed by atoms with van der Waals surface area (Å²) in [7, 11) is 0. The lowest BCUT2D eigenvalue weighted by Gasteiger charge is -2.43. The maximum Gasteiger partial charge on any atom is 0.171 e. The van der Waals surface area contributed by atoms with Gasteiger partial charge in [-0.2, -0.15) is 0 Å². The normalized spacial score (nSPS) is 20.8. The number of hydrogen-bond acceptors (Lipinski definition) is 5. The van der Waals surface area contributed by atoms with Crippen molar-refractivity contribution in [3.63, 3.8) is 0 Å².